The first-order chi connectivity index (χ1) is 10.3. The van der Waals surface area contributed by atoms with Crippen LogP contribution in [-0.2, 0) is 4.79 Å². The van der Waals surface area contributed by atoms with Crippen LogP contribution in [0.1, 0.15) is 30.9 Å². The lowest BCUT2D eigenvalue weighted by Crippen LogP contribution is -2.64. The second-order valence-corrected chi connectivity index (χ2v) is 6.99. The Hall–Kier alpha value is -1.19. The predicted molar refractivity (Wildman–Crippen MR) is 83.0 cm³/mol. The molecule has 0 spiro atoms. The van der Waals surface area contributed by atoms with E-state index < -0.39 is 0 Å². The van der Waals surface area contributed by atoms with Crippen LogP contribution in [0.15, 0.2) is 30.3 Å². The Morgan fingerprint density at radius 2 is 1.81 bits per heavy atom. The second-order valence-electron chi connectivity index (χ2n) is 6.99. The monoisotopic (exact) mass is 284 g/mol. The van der Waals surface area contributed by atoms with E-state index in [1.165, 1.54) is 24.8 Å². The van der Waals surface area contributed by atoms with Crippen molar-refractivity contribution in [3.63, 3.8) is 0 Å². The largest absolute Gasteiger partial charge is 0.305 e. The number of ketones is 1. The number of benzene rings is 1. The molecular weight excluding hydrogens is 260 g/mol. The Labute approximate surface area is 126 Å². The van der Waals surface area contributed by atoms with Crippen LogP contribution < -0.4 is 0 Å². The fraction of sp³-hybridized carbons (Fsp3) is 0.611. The van der Waals surface area contributed by atoms with Crippen molar-refractivity contribution >= 4 is 5.78 Å². The van der Waals surface area contributed by atoms with Crippen LogP contribution >= 0.6 is 0 Å². The van der Waals surface area contributed by atoms with Crippen LogP contribution in [0.3, 0.4) is 0 Å². The molecule has 4 rings (SSSR count). The van der Waals surface area contributed by atoms with Gasteiger partial charge in [-0.2, -0.15) is 0 Å². The van der Waals surface area contributed by atoms with Crippen molar-refractivity contribution in [3.8, 4) is 0 Å². The average molecular weight is 284 g/mol. The highest BCUT2D eigenvalue weighted by molar-refractivity contribution is 5.87. The number of fused-ring (bicyclic) bond motifs is 4. The van der Waals surface area contributed by atoms with Crippen LogP contribution in [0, 0.1) is 11.8 Å². The number of piperidine rings is 3. The van der Waals surface area contributed by atoms with E-state index in [1.54, 1.807) is 0 Å². The Balaban J connectivity index is 1.77. The summed E-state index contributed by atoms with van der Waals surface area (Å²) in [5.74, 6) is 0.935. The molecule has 0 N–H and O–H groups in total. The third-order valence-electron chi connectivity index (χ3n) is 5.68. The fourth-order valence-corrected chi connectivity index (χ4v) is 4.83. The van der Waals surface area contributed by atoms with E-state index in [0.717, 1.165) is 19.6 Å². The molecule has 1 aromatic rings. The first-order valence-electron chi connectivity index (χ1n) is 8.28. The van der Waals surface area contributed by atoms with E-state index in [0.29, 0.717) is 17.9 Å². The minimum absolute atomic E-state index is 0.158. The summed E-state index contributed by atoms with van der Waals surface area (Å²) < 4.78 is 0. The average Bonchev–Trinajstić information content (AvgIpc) is 2.51. The number of nitrogens with zero attached hydrogens (tertiary/aromatic N) is 2. The molecule has 3 aliphatic rings. The lowest BCUT2D eigenvalue weighted by atomic mass is 9.70. The van der Waals surface area contributed by atoms with Crippen LogP contribution in [0.25, 0.3) is 0 Å². The van der Waals surface area contributed by atoms with Crippen molar-refractivity contribution in [1.82, 2.24) is 9.80 Å². The molecule has 0 aromatic heterocycles. The zero-order valence-electron chi connectivity index (χ0n) is 12.7. The SMILES string of the molecule is CN1C[C@@H]2C(=O)[C@H](C1)[C@H](c1ccccc1)N1CCCC[C@H]21. The van der Waals surface area contributed by atoms with E-state index in [-0.39, 0.29) is 11.8 Å². The zero-order valence-corrected chi connectivity index (χ0v) is 12.7. The maximum Gasteiger partial charge on any atom is 0.145 e. The number of hydrogen-bond donors (Lipinski definition) is 0. The molecule has 3 saturated heterocycles. The topological polar surface area (TPSA) is 23.6 Å². The van der Waals surface area contributed by atoms with Gasteiger partial charge in [-0.1, -0.05) is 36.8 Å². The van der Waals surface area contributed by atoms with Gasteiger partial charge in [0.25, 0.3) is 0 Å². The van der Waals surface area contributed by atoms with E-state index in [1.807, 2.05) is 0 Å². The summed E-state index contributed by atoms with van der Waals surface area (Å²) in [6.07, 6.45) is 3.75. The van der Waals surface area contributed by atoms with Crippen LogP contribution in [0.5, 0.6) is 0 Å². The predicted octanol–water partition coefficient (Wildman–Crippen LogP) is 2.34. The normalized spacial score (nSPS) is 37.3. The van der Waals surface area contributed by atoms with Gasteiger partial charge in [-0.15, -0.1) is 0 Å². The lowest BCUT2D eigenvalue weighted by molar-refractivity contribution is -0.149. The summed E-state index contributed by atoms with van der Waals surface area (Å²) in [6.45, 7) is 3.03. The molecule has 3 nitrogen and oxygen atoms in total. The highest BCUT2D eigenvalue weighted by Crippen LogP contribution is 2.45. The van der Waals surface area contributed by atoms with Crippen molar-refractivity contribution in [2.75, 3.05) is 26.7 Å². The van der Waals surface area contributed by atoms with Gasteiger partial charge in [0, 0.05) is 31.1 Å². The van der Waals surface area contributed by atoms with Gasteiger partial charge in [0.15, 0.2) is 0 Å². The molecule has 0 aliphatic carbocycles. The number of carbonyl (C=O) groups excluding carboxylic acids is 1. The number of Topliss-reactive ketones (excluding diaryl/α,β-unsaturated/α-hetero) is 1. The summed E-state index contributed by atoms with van der Waals surface area (Å²) in [4.78, 5) is 18.0. The molecule has 2 bridgehead atoms. The van der Waals surface area contributed by atoms with Crippen molar-refractivity contribution in [1.29, 1.82) is 0 Å². The molecule has 4 atom stereocenters. The van der Waals surface area contributed by atoms with Crippen molar-refractivity contribution in [2.24, 2.45) is 11.8 Å². The molecule has 0 amide bonds. The van der Waals surface area contributed by atoms with Gasteiger partial charge in [0.1, 0.15) is 5.78 Å². The summed E-state index contributed by atoms with van der Waals surface area (Å²) in [6, 6.07) is 11.5. The number of carbonyl (C=O) groups is 1. The second kappa shape index (κ2) is 5.22. The van der Waals surface area contributed by atoms with Gasteiger partial charge in [-0.25, -0.2) is 0 Å². The molecule has 3 heteroatoms. The zero-order chi connectivity index (χ0) is 14.4. The third kappa shape index (κ3) is 2.14. The minimum Gasteiger partial charge on any atom is -0.305 e. The number of likely N-dealkylation sites (tertiary alicyclic amines) is 1. The van der Waals surface area contributed by atoms with Gasteiger partial charge in [-0.05, 0) is 32.0 Å². The van der Waals surface area contributed by atoms with Gasteiger partial charge >= 0.3 is 0 Å². The highest BCUT2D eigenvalue weighted by atomic mass is 16.1. The number of hydrogen-bond acceptors (Lipinski definition) is 3. The summed E-state index contributed by atoms with van der Waals surface area (Å²) in [5.41, 5.74) is 1.33. The molecule has 0 radical (unpaired) electrons. The van der Waals surface area contributed by atoms with E-state index in [4.69, 9.17) is 0 Å². The quantitative estimate of drug-likeness (QED) is 0.791. The molecule has 3 fully saturated rings. The van der Waals surface area contributed by atoms with E-state index in [9.17, 15) is 4.79 Å². The van der Waals surface area contributed by atoms with Gasteiger partial charge in [0.05, 0.1) is 5.92 Å². The lowest BCUT2D eigenvalue weighted by Gasteiger charge is -2.55. The minimum atomic E-state index is 0.158. The maximum atomic E-state index is 12.9. The molecule has 1 aromatic carbocycles. The summed E-state index contributed by atoms with van der Waals surface area (Å²) >= 11 is 0. The van der Waals surface area contributed by atoms with Gasteiger partial charge in [-0.3, -0.25) is 9.69 Å². The van der Waals surface area contributed by atoms with Gasteiger partial charge in [0.2, 0.25) is 0 Å². The third-order valence-corrected chi connectivity index (χ3v) is 5.68. The first kappa shape index (κ1) is 13.5. The molecule has 112 valence electrons. The Morgan fingerprint density at radius 3 is 2.62 bits per heavy atom. The Morgan fingerprint density at radius 1 is 1.05 bits per heavy atom. The van der Waals surface area contributed by atoms with Crippen molar-refractivity contribution in [3.05, 3.63) is 35.9 Å². The molecule has 3 aliphatic heterocycles. The molecule has 0 unspecified atom stereocenters. The molecule has 21 heavy (non-hydrogen) atoms. The molecule has 3 heterocycles. The van der Waals surface area contributed by atoms with Crippen molar-refractivity contribution < 1.29 is 4.79 Å². The fourth-order valence-electron chi connectivity index (χ4n) is 4.83. The summed E-state index contributed by atoms with van der Waals surface area (Å²) in [7, 11) is 2.17. The first-order valence-corrected chi connectivity index (χ1v) is 8.28. The Bertz CT molecular complexity index is 529. The maximum absolute atomic E-state index is 12.9. The van der Waals surface area contributed by atoms with Crippen LogP contribution in [-0.4, -0.2) is 48.3 Å². The highest BCUT2D eigenvalue weighted by Gasteiger charge is 2.52. The van der Waals surface area contributed by atoms with E-state index in [2.05, 4.69) is 47.2 Å². The Kier molecular flexibility index (Phi) is 3.35. The number of rotatable bonds is 1. The summed E-state index contributed by atoms with van der Waals surface area (Å²) in [5, 5.41) is 0. The van der Waals surface area contributed by atoms with Crippen LogP contribution in [0.2, 0.25) is 0 Å². The van der Waals surface area contributed by atoms with E-state index >= 15 is 0 Å². The van der Waals surface area contributed by atoms with Gasteiger partial charge < -0.3 is 4.90 Å². The van der Waals surface area contributed by atoms with Crippen molar-refractivity contribution in [2.45, 2.75) is 31.3 Å². The molecule has 0 saturated carbocycles. The smallest absolute Gasteiger partial charge is 0.145 e. The molecular formula is C18H24N2O. The standard InChI is InChI=1S/C18H24N2O/c1-19-11-14-16-9-5-6-10-20(16)17(15(12-19)18(14)21)13-7-3-2-4-8-13/h2-4,7-8,14-17H,5-6,9-12H2,1H3/t14-,15+,16+,17-/m0/s1. The van der Waals surface area contributed by atoms with Crippen LogP contribution in [0.4, 0.5) is 0 Å².